The summed E-state index contributed by atoms with van der Waals surface area (Å²) >= 11 is 5.52. The molecule has 0 aromatic heterocycles. The molecular formula is C19H29N3O2S. The van der Waals surface area contributed by atoms with Gasteiger partial charge in [-0.1, -0.05) is 20.8 Å². The normalized spacial score (nSPS) is 15.6. The van der Waals surface area contributed by atoms with Crippen molar-refractivity contribution in [1.82, 2.24) is 10.2 Å². The van der Waals surface area contributed by atoms with E-state index in [-0.39, 0.29) is 17.4 Å². The number of carbonyl (C=O) groups excluding carboxylic acids is 1. The minimum Gasteiger partial charge on any atom is -0.494 e. The van der Waals surface area contributed by atoms with E-state index in [0.717, 1.165) is 42.5 Å². The molecule has 25 heavy (non-hydrogen) atoms. The molecule has 1 aromatic rings. The van der Waals surface area contributed by atoms with E-state index in [1.807, 2.05) is 52.0 Å². The fourth-order valence-corrected chi connectivity index (χ4v) is 2.93. The highest BCUT2D eigenvalue weighted by atomic mass is 32.1. The number of amides is 1. The summed E-state index contributed by atoms with van der Waals surface area (Å²) in [4.78, 5) is 14.2. The number of ether oxygens (including phenoxy) is 1. The van der Waals surface area contributed by atoms with Gasteiger partial charge in [0.1, 0.15) is 5.75 Å². The van der Waals surface area contributed by atoms with Crippen LogP contribution in [0, 0.1) is 5.41 Å². The predicted molar refractivity (Wildman–Crippen MR) is 106 cm³/mol. The number of hydrogen-bond acceptors (Lipinski definition) is 3. The maximum Gasteiger partial charge on any atom is 0.225 e. The summed E-state index contributed by atoms with van der Waals surface area (Å²) in [5.74, 6) is 0.968. The smallest absolute Gasteiger partial charge is 0.225 e. The fourth-order valence-electron chi connectivity index (χ4n) is 2.63. The molecule has 0 bridgehead atoms. The number of thiocarbonyl (C=S) groups is 1. The highest BCUT2D eigenvalue weighted by Gasteiger charge is 2.27. The topological polar surface area (TPSA) is 53.6 Å². The van der Waals surface area contributed by atoms with Crippen molar-refractivity contribution < 1.29 is 9.53 Å². The monoisotopic (exact) mass is 363 g/mol. The average molecular weight is 364 g/mol. The minimum absolute atomic E-state index is 0.112. The Morgan fingerprint density at radius 2 is 1.84 bits per heavy atom. The van der Waals surface area contributed by atoms with Crippen molar-refractivity contribution in [2.75, 3.05) is 25.0 Å². The second-order valence-electron chi connectivity index (χ2n) is 7.37. The number of carbonyl (C=O) groups is 1. The Hall–Kier alpha value is -1.82. The van der Waals surface area contributed by atoms with Crippen LogP contribution in [0.1, 0.15) is 40.5 Å². The van der Waals surface area contributed by atoms with Crippen LogP contribution in [0.25, 0.3) is 0 Å². The SMILES string of the molecule is CCOc1ccc(NC(=S)N2CCC(NC(=O)C(C)(C)C)CC2)cc1. The molecule has 0 aliphatic carbocycles. The summed E-state index contributed by atoms with van der Waals surface area (Å²) < 4.78 is 5.44. The molecule has 1 heterocycles. The van der Waals surface area contributed by atoms with Gasteiger partial charge in [-0.05, 0) is 56.2 Å². The standard InChI is InChI=1S/C19H29N3O2S/c1-5-24-16-8-6-14(7-9-16)21-18(25)22-12-10-15(11-13-22)20-17(23)19(2,3)4/h6-9,15H,5,10-13H2,1-4H3,(H,20,23)(H,21,25). The van der Waals surface area contributed by atoms with Crippen LogP contribution in [0.5, 0.6) is 5.75 Å². The van der Waals surface area contributed by atoms with Gasteiger partial charge in [0.25, 0.3) is 0 Å². The molecule has 5 nitrogen and oxygen atoms in total. The minimum atomic E-state index is -0.346. The highest BCUT2D eigenvalue weighted by molar-refractivity contribution is 7.80. The quantitative estimate of drug-likeness (QED) is 0.803. The molecule has 1 fully saturated rings. The van der Waals surface area contributed by atoms with Crippen molar-refractivity contribution in [2.45, 2.75) is 46.6 Å². The van der Waals surface area contributed by atoms with Gasteiger partial charge in [-0.25, -0.2) is 0 Å². The van der Waals surface area contributed by atoms with Crippen molar-refractivity contribution in [2.24, 2.45) is 5.41 Å². The van der Waals surface area contributed by atoms with Crippen LogP contribution >= 0.6 is 12.2 Å². The fraction of sp³-hybridized carbons (Fsp3) is 0.579. The van der Waals surface area contributed by atoms with Crippen molar-refractivity contribution in [3.8, 4) is 5.75 Å². The average Bonchev–Trinajstić information content (AvgIpc) is 2.56. The van der Waals surface area contributed by atoms with Crippen LogP contribution in [0.3, 0.4) is 0 Å². The molecule has 1 amide bonds. The van der Waals surface area contributed by atoms with Crippen molar-refractivity contribution in [1.29, 1.82) is 0 Å². The summed E-state index contributed by atoms with van der Waals surface area (Å²) in [6, 6.07) is 8.03. The lowest BCUT2D eigenvalue weighted by molar-refractivity contribution is -0.129. The van der Waals surface area contributed by atoms with Gasteiger partial charge in [0.2, 0.25) is 5.91 Å². The van der Waals surface area contributed by atoms with E-state index in [1.165, 1.54) is 0 Å². The Balaban J connectivity index is 1.80. The van der Waals surface area contributed by atoms with Crippen LogP contribution in [-0.4, -0.2) is 41.7 Å². The molecule has 1 saturated heterocycles. The van der Waals surface area contributed by atoms with Crippen LogP contribution in [0.2, 0.25) is 0 Å². The third-order valence-corrected chi connectivity index (χ3v) is 4.58. The Morgan fingerprint density at radius 3 is 2.36 bits per heavy atom. The Morgan fingerprint density at radius 1 is 1.24 bits per heavy atom. The molecule has 2 rings (SSSR count). The summed E-state index contributed by atoms with van der Waals surface area (Å²) in [6.45, 7) is 10.1. The molecule has 0 unspecified atom stereocenters. The first kappa shape index (κ1) is 19.5. The zero-order valence-corrected chi connectivity index (χ0v) is 16.4. The van der Waals surface area contributed by atoms with Crippen molar-refractivity contribution in [3.63, 3.8) is 0 Å². The zero-order chi connectivity index (χ0) is 18.4. The zero-order valence-electron chi connectivity index (χ0n) is 15.6. The molecule has 0 atom stereocenters. The summed E-state index contributed by atoms with van der Waals surface area (Å²) in [5, 5.41) is 7.14. The third kappa shape index (κ3) is 5.88. The first-order valence-corrected chi connectivity index (χ1v) is 9.30. The predicted octanol–water partition coefficient (Wildman–Crippen LogP) is 3.41. The van der Waals surface area contributed by atoms with Gasteiger partial charge in [0.05, 0.1) is 6.61 Å². The van der Waals surface area contributed by atoms with Gasteiger partial charge in [0, 0.05) is 30.2 Å². The van der Waals surface area contributed by atoms with Crippen LogP contribution in [0.15, 0.2) is 24.3 Å². The maximum atomic E-state index is 12.1. The molecule has 1 aliphatic heterocycles. The van der Waals surface area contributed by atoms with Crippen LogP contribution in [-0.2, 0) is 4.79 Å². The lowest BCUT2D eigenvalue weighted by Gasteiger charge is -2.35. The van der Waals surface area contributed by atoms with E-state index in [0.29, 0.717) is 6.61 Å². The van der Waals surface area contributed by atoms with Gasteiger partial charge in [-0.3, -0.25) is 4.79 Å². The molecule has 6 heteroatoms. The van der Waals surface area contributed by atoms with E-state index in [4.69, 9.17) is 17.0 Å². The van der Waals surface area contributed by atoms with E-state index in [2.05, 4.69) is 15.5 Å². The van der Waals surface area contributed by atoms with Gasteiger partial charge in [0.15, 0.2) is 5.11 Å². The number of piperidine rings is 1. The Labute approximate surface area is 156 Å². The van der Waals surface area contributed by atoms with Gasteiger partial charge < -0.3 is 20.3 Å². The number of nitrogens with zero attached hydrogens (tertiary/aromatic N) is 1. The Kier molecular flexibility index (Phi) is 6.64. The van der Waals surface area contributed by atoms with E-state index in [9.17, 15) is 4.79 Å². The number of anilines is 1. The van der Waals surface area contributed by atoms with Gasteiger partial charge in [-0.15, -0.1) is 0 Å². The number of likely N-dealkylation sites (tertiary alicyclic amines) is 1. The number of hydrogen-bond donors (Lipinski definition) is 2. The molecule has 0 saturated carbocycles. The molecule has 0 spiro atoms. The molecule has 0 radical (unpaired) electrons. The van der Waals surface area contributed by atoms with E-state index < -0.39 is 0 Å². The van der Waals surface area contributed by atoms with Crippen LogP contribution in [0.4, 0.5) is 5.69 Å². The third-order valence-electron chi connectivity index (χ3n) is 4.22. The lowest BCUT2D eigenvalue weighted by atomic mass is 9.94. The molecule has 2 N–H and O–H groups in total. The first-order valence-electron chi connectivity index (χ1n) is 8.89. The Bertz CT molecular complexity index is 588. The highest BCUT2D eigenvalue weighted by Crippen LogP contribution is 2.19. The second-order valence-corrected chi connectivity index (χ2v) is 7.76. The first-order chi connectivity index (χ1) is 11.8. The largest absolute Gasteiger partial charge is 0.494 e. The number of nitrogens with one attached hydrogen (secondary N) is 2. The molecular weight excluding hydrogens is 334 g/mol. The maximum absolute atomic E-state index is 12.1. The van der Waals surface area contributed by atoms with Gasteiger partial charge in [-0.2, -0.15) is 0 Å². The number of benzene rings is 1. The molecule has 1 aromatic carbocycles. The second kappa shape index (κ2) is 8.52. The molecule has 1 aliphatic rings. The van der Waals surface area contributed by atoms with Crippen molar-refractivity contribution >= 4 is 28.9 Å². The van der Waals surface area contributed by atoms with Crippen LogP contribution < -0.4 is 15.4 Å². The summed E-state index contributed by atoms with van der Waals surface area (Å²) in [7, 11) is 0. The van der Waals surface area contributed by atoms with E-state index >= 15 is 0 Å². The van der Waals surface area contributed by atoms with E-state index in [1.54, 1.807) is 0 Å². The molecule has 138 valence electrons. The lowest BCUT2D eigenvalue weighted by Crippen LogP contribution is -2.49. The number of rotatable bonds is 4. The summed E-state index contributed by atoms with van der Waals surface area (Å²) in [6.07, 6.45) is 1.82. The summed E-state index contributed by atoms with van der Waals surface area (Å²) in [5.41, 5.74) is 0.610. The van der Waals surface area contributed by atoms with Gasteiger partial charge >= 0.3 is 0 Å². The van der Waals surface area contributed by atoms with Crippen molar-refractivity contribution in [3.05, 3.63) is 24.3 Å².